The average Bonchev–Trinajstić information content (AvgIpc) is 2.88. The second-order valence-electron chi connectivity index (χ2n) is 8.54. The highest BCUT2D eigenvalue weighted by Gasteiger charge is 2.31. The molecule has 0 spiro atoms. The molecule has 10 N–H and O–H groups in total. The lowest BCUT2D eigenvalue weighted by Gasteiger charge is -2.25. The standard InChI is InChI=1S/C25H31N5O8/c26-17(13-31)22(34)28-19(12-21(27)33)24(36)29-18(10-15-6-8-16(32)9-7-15)23(35)30-20(25(37)38)11-14-4-2-1-3-5-14/h1-9,17-20,31-32H,10-13,26H2,(H2,27,33)(H,28,34)(H,29,36)(H,30,35)(H,37,38). The zero-order valence-electron chi connectivity index (χ0n) is 20.4. The summed E-state index contributed by atoms with van der Waals surface area (Å²) in [6.07, 6.45) is -0.779. The number of nitrogens with two attached hydrogens (primary N) is 2. The molecule has 0 aliphatic carbocycles. The molecule has 0 saturated carbocycles. The van der Waals surface area contributed by atoms with Crippen LogP contribution in [-0.2, 0) is 36.8 Å². The van der Waals surface area contributed by atoms with Crippen LogP contribution in [-0.4, -0.2) is 75.7 Å². The monoisotopic (exact) mass is 529 g/mol. The molecule has 0 aliphatic rings. The largest absolute Gasteiger partial charge is 0.508 e. The van der Waals surface area contributed by atoms with Gasteiger partial charge in [-0.2, -0.15) is 0 Å². The number of aliphatic carboxylic acids is 1. The summed E-state index contributed by atoms with van der Waals surface area (Å²) in [4.78, 5) is 61.7. The smallest absolute Gasteiger partial charge is 0.326 e. The number of carbonyl (C=O) groups excluding carboxylic acids is 4. The van der Waals surface area contributed by atoms with Gasteiger partial charge in [-0.15, -0.1) is 0 Å². The van der Waals surface area contributed by atoms with Crippen molar-refractivity contribution in [1.29, 1.82) is 0 Å². The zero-order valence-corrected chi connectivity index (χ0v) is 20.4. The molecule has 0 heterocycles. The lowest BCUT2D eigenvalue weighted by atomic mass is 10.0. The summed E-state index contributed by atoms with van der Waals surface area (Å²) >= 11 is 0. The number of phenols is 1. The Kier molecular flexibility index (Phi) is 11.2. The van der Waals surface area contributed by atoms with Crippen molar-refractivity contribution in [2.45, 2.75) is 43.4 Å². The molecular weight excluding hydrogens is 498 g/mol. The van der Waals surface area contributed by atoms with Crippen LogP contribution in [0.3, 0.4) is 0 Å². The number of benzene rings is 2. The Hall–Kier alpha value is -4.49. The molecule has 4 amide bonds. The van der Waals surface area contributed by atoms with Gasteiger partial charge >= 0.3 is 5.97 Å². The Morgan fingerprint density at radius 3 is 1.79 bits per heavy atom. The summed E-state index contributed by atoms with van der Waals surface area (Å²) in [5, 5.41) is 35.3. The van der Waals surface area contributed by atoms with Gasteiger partial charge in [0, 0.05) is 12.8 Å². The Morgan fingerprint density at radius 2 is 1.24 bits per heavy atom. The Labute approximate surface area is 218 Å². The van der Waals surface area contributed by atoms with Crippen LogP contribution in [0, 0.1) is 0 Å². The summed E-state index contributed by atoms with van der Waals surface area (Å²) in [6, 6.07) is 8.79. The lowest BCUT2D eigenvalue weighted by Crippen LogP contribution is -2.58. The fraction of sp³-hybridized carbons (Fsp3) is 0.320. The van der Waals surface area contributed by atoms with Crippen molar-refractivity contribution < 1.29 is 39.3 Å². The van der Waals surface area contributed by atoms with Gasteiger partial charge in [-0.25, -0.2) is 4.79 Å². The van der Waals surface area contributed by atoms with Gasteiger partial charge in [0.2, 0.25) is 23.6 Å². The summed E-state index contributed by atoms with van der Waals surface area (Å²) in [6.45, 7) is -0.722. The minimum atomic E-state index is -1.52. The minimum Gasteiger partial charge on any atom is -0.508 e. The molecule has 4 unspecified atom stereocenters. The van der Waals surface area contributed by atoms with Crippen LogP contribution in [0.2, 0.25) is 0 Å². The molecule has 2 aromatic rings. The maximum atomic E-state index is 13.2. The molecule has 2 rings (SSSR count). The Morgan fingerprint density at radius 1 is 0.737 bits per heavy atom. The topological polar surface area (TPSA) is 234 Å². The predicted molar refractivity (Wildman–Crippen MR) is 134 cm³/mol. The summed E-state index contributed by atoms with van der Waals surface area (Å²) in [5.74, 6) is -4.99. The number of aliphatic hydroxyl groups is 1. The zero-order chi connectivity index (χ0) is 28.2. The number of nitrogens with one attached hydrogen (secondary N) is 3. The third-order valence-electron chi connectivity index (χ3n) is 5.48. The number of aromatic hydroxyl groups is 1. The van der Waals surface area contributed by atoms with Crippen LogP contribution in [0.15, 0.2) is 54.6 Å². The van der Waals surface area contributed by atoms with E-state index in [0.29, 0.717) is 11.1 Å². The average molecular weight is 530 g/mol. The number of primary amides is 1. The van der Waals surface area contributed by atoms with E-state index in [4.69, 9.17) is 16.6 Å². The van der Waals surface area contributed by atoms with E-state index < -0.39 is 66.8 Å². The molecular formula is C25H31N5O8. The summed E-state index contributed by atoms with van der Waals surface area (Å²) in [7, 11) is 0. The maximum absolute atomic E-state index is 13.2. The van der Waals surface area contributed by atoms with Crippen LogP contribution in [0.25, 0.3) is 0 Å². The fourth-order valence-corrected chi connectivity index (χ4v) is 3.44. The van der Waals surface area contributed by atoms with Crippen LogP contribution in [0.1, 0.15) is 17.5 Å². The molecule has 13 heteroatoms. The number of hydrogen-bond donors (Lipinski definition) is 8. The highest BCUT2D eigenvalue weighted by Crippen LogP contribution is 2.12. The van der Waals surface area contributed by atoms with E-state index in [2.05, 4.69) is 16.0 Å². The molecule has 4 atom stereocenters. The third kappa shape index (κ3) is 9.52. The molecule has 38 heavy (non-hydrogen) atoms. The lowest BCUT2D eigenvalue weighted by molar-refractivity contribution is -0.142. The van der Waals surface area contributed by atoms with Crippen LogP contribution >= 0.6 is 0 Å². The first kappa shape index (κ1) is 29.7. The van der Waals surface area contributed by atoms with E-state index in [1.165, 1.54) is 24.3 Å². The molecule has 2 aromatic carbocycles. The molecule has 0 radical (unpaired) electrons. The Balaban J connectivity index is 2.27. The van der Waals surface area contributed by atoms with E-state index in [9.17, 15) is 34.2 Å². The van der Waals surface area contributed by atoms with Crippen molar-refractivity contribution in [2.24, 2.45) is 11.5 Å². The number of carboxylic acid groups (broad SMARTS) is 1. The molecule has 204 valence electrons. The minimum absolute atomic E-state index is 0.0266. The van der Waals surface area contributed by atoms with E-state index in [1.54, 1.807) is 30.3 Å². The van der Waals surface area contributed by atoms with Crippen LogP contribution in [0.5, 0.6) is 5.75 Å². The van der Waals surface area contributed by atoms with E-state index in [-0.39, 0.29) is 18.6 Å². The number of carbonyl (C=O) groups is 5. The fourth-order valence-electron chi connectivity index (χ4n) is 3.44. The van der Waals surface area contributed by atoms with E-state index in [0.717, 1.165) is 0 Å². The number of rotatable bonds is 14. The van der Waals surface area contributed by atoms with Gasteiger partial charge < -0.3 is 42.7 Å². The van der Waals surface area contributed by atoms with Gasteiger partial charge in [0.1, 0.15) is 29.9 Å². The van der Waals surface area contributed by atoms with Gasteiger partial charge in [0.25, 0.3) is 0 Å². The predicted octanol–water partition coefficient (Wildman–Crippen LogP) is -2.09. The summed E-state index contributed by atoms with van der Waals surface area (Å²) < 4.78 is 0. The van der Waals surface area contributed by atoms with Gasteiger partial charge in [-0.3, -0.25) is 19.2 Å². The first-order valence-electron chi connectivity index (χ1n) is 11.6. The van der Waals surface area contributed by atoms with Gasteiger partial charge in [0.15, 0.2) is 0 Å². The quantitative estimate of drug-likeness (QED) is 0.134. The number of carboxylic acids is 1. The highest BCUT2D eigenvalue weighted by atomic mass is 16.4. The number of aliphatic hydroxyl groups excluding tert-OH is 1. The maximum Gasteiger partial charge on any atom is 0.326 e. The van der Waals surface area contributed by atoms with Gasteiger partial charge in [-0.05, 0) is 23.3 Å². The number of amides is 4. The number of phenolic OH excluding ortho intramolecular Hbond substituents is 1. The Bertz CT molecular complexity index is 1130. The van der Waals surface area contributed by atoms with E-state index in [1.807, 2.05) is 0 Å². The highest BCUT2D eigenvalue weighted by molar-refractivity contribution is 5.96. The summed E-state index contributed by atoms with van der Waals surface area (Å²) in [5.41, 5.74) is 11.8. The molecule has 0 aromatic heterocycles. The van der Waals surface area contributed by atoms with Crippen molar-refractivity contribution in [3.8, 4) is 5.75 Å². The molecule has 0 saturated heterocycles. The van der Waals surface area contributed by atoms with Crippen molar-refractivity contribution in [3.63, 3.8) is 0 Å². The van der Waals surface area contributed by atoms with Crippen molar-refractivity contribution in [1.82, 2.24) is 16.0 Å². The first-order valence-corrected chi connectivity index (χ1v) is 11.6. The normalized spacial score (nSPS) is 13.8. The molecule has 0 bridgehead atoms. The van der Waals surface area contributed by atoms with Crippen molar-refractivity contribution in [3.05, 3.63) is 65.7 Å². The second kappa shape index (κ2) is 14.3. The van der Waals surface area contributed by atoms with Crippen molar-refractivity contribution >= 4 is 29.6 Å². The second-order valence-corrected chi connectivity index (χ2v) is 8.54. The molecule has 13 nitrogen and oxygen atoms in total. The number of hydrogen-bond acceptors (Lipinski definition) is 8. The SMILES string of the molecule is NC(=O)CC(NC(=O)C(N)CO)C(=O)NC(Cc1ccc(O)cc1)C(=O)NC(Cc1ccccc1)C(=O)O. The molecule has 0 fully saturated rings. The third-order valence-corrected chi connectivity index (χ3v) is 5.48. The van der Waals surface area contributed by atoms with Crippen LogP contribution < -0.4 is 27.4 Å². The first-order chi connectivity index (χ1) is 18.0. The van der Waals surface area contributed by atoms with Crippen molar-refractivity contribution in [2.75, 3.05) is 6.61 Å². The van der Waals surface area contributed by atoms with E-state index >= 15 is 0 Å². The van der Waals surface area contributed by atoms with Crippen LogP contribution in [0.4, 0.5) is 0 Å². The molecule has 0 aliphatic heterocycles. The van der Waals surface area contributed by atoms with Gasteiger partial charge in [-0.1, -0.05) is 42.5 Å². The van der Waals surface area contributed by atoms with Gasteiger partial charge in [0.05, 0.1) is 13.0 Å².